The van der Waals surface area contributed by atoms with Gasteiger partial charge in [-0.05, 0) is 55.2 Å². The Balaban J connectivity index is 1.71. The van der Waals surface area contributed by atoms with Gasteiger partial charge in [-0.3, -0.25) is 9.59 Å². The molecule has 3 saturated carbocycles. The van der Waals surface area contributed by atoms with Gasteiger partial charge in [-0.15, -0.1) is 0 Å². The molecule has 4 rings (SSSR count). The van der Waals surface area contributed by atoms with E-state index in [9.17, 15) is 24.6 Å². The van der Waals surface area contributed by atoms with Crippen LogP contribution in [0.5, 0.6) is 0 Å². The van der Waals surface area contributed by atoms with Gasteiger partial charge in [0.2, 0.25) is 0 Å². The first kappa shape index (κ1) is 21.4. The van der Waals surface area contributed by atoms with Crippen molar-refractivity contribution in [3.63, 3.8) is 0 Å². The van der Waals surface area contributed by atoms with Crippen LogP contribution < -0.4 is 0 Å². The lowest BCUT2D eigenvalue weighted by Gasteiger charge is -2.59. The minimum Gasteiger partial charge on any atom is -0.393 e. The van der Waals surface area contributed by atoms with Crippen LogP contribution in [0.1, 0.15) is 52.9 Å². The summed E-state index contributed by atoms with van der Waals surface area (Å²) in [6.45, 7) is 5.15. The second kappa shape index (κ2) is 6.82. The van der Waals surface area contributed by atoms with Crippen LogP contribution in [0.25, 0.3) is 0 Å². The minimum atomic E-state index is -1.91. The topological polar surface area (TPSA) is 101 Å². The van der Waals surface area contributed by atoms with Crippen molar-refractivity contribution in [1.29, 1.82) is 0 Å². The van der Waals surface area contributed by atoms with Crippen LogP contribution in [0.3, 0.4) is 0 Å². The number of carbonyl (C=O) groups is 3. The van der Waals surface area contributed by atoms with E-state index in [4.69, 9.17) is 4.74 Å². The maximum absolute atomic E-state index is 15.3. The van der Waals surface area contributed by atoms with E-state index in [1.165, 1.54) is 12.2 Å². The van der Waals surface area contributed by atoms with E-state index in [-0.39, 0.29) is 49.2 Å². The van der Waals surface area contributed by atoms with Gasteiger partial charge in [0.1, 0.15) is 6.17 Å². The molecule has 2 N–H and O–H groups in total. The third kappa shape index (κ3) is 2.71. The van der Waals surface area contributed by atoms with E-state index in [2.05, 4.69) is 0 Å². The van der Waals surface area contributed by atoms with E-state index in [1.807, 2.05) is 6.92 Å². The number of ketones is 1. The molecule has 7 heteroatoms. The van der Waals surface area contributed by atoms with Crippen molar-refractivity contribution in [2.45, 2.75) is 70.8 Å². The predicted molar refractivity (Wildman–Crippen MR) is 105 cm³/mol. The van der Waals surface area contributed by atoms with Crippen molar-refractivity contribution in [3.05, 3.63) is 23.8 Å². The van der Waals surface area contributed by atoms with Gasteiger partial charge in [-0.2, -0.15) is 0 Å². The summed E-state index contributed by atoms with van der Waals surface area (Å²) in [5.74, 6) is -2.77. The highest BCUT2D eigenvalue weighted by Crippen LogP contribution is 2.67. The molecule has 4 aliphatic carbocycles. The van der Waals surface area contributed by atoms with Crippen molar-refractivity contribution in [2.75, 3.05) is 0 Å². The van der Waals surface area contributed by atoms with E-state index in [0.717, 1.165) is 0 Å². The zero-order valence-electron chi connectivity index (χ0n) is 17.6. The molecule has 0 heterocycles. The highest BCUT2D eigenvalue weighted by atomic mass is 19.1. The van der Waals surface area contributed by atoms with E-state index in [0.29, 0.717) is 12.0 Å². The first-order chi connectivity index (χ1) is 14.0. The van der Waals surface area contributed by atoms with Crippen molar-refractivity contribution < 1.29 is 33.7 Å². The van der Waals surface area contributed by atoms with Gasteiger partial charge in [0.25, 0.3) is 0 Å². The normalized spacial score (nSPS) is 47.1. The molecule has 0 radical (unpaired) electrons. The molecule has 164 valence electrons. The fourth-order valence-electron chi connectivity index (χ4n) is 6.94. The lowest BCUT2D eigenvalue weighted by molar-refractivity contribution is -0.200. The number of alkyl halides is 1. The number of carbonyl (C=O) groups excluding carboxylic acids is 3. The maximum Gasteiger partial charge on any atom is 0.346 e. The van der Waals surface area contributed by atoms with Gasteiger partial charge >= 0.3 is 11.9 Å². The molecule has 0 spiro atoms. The lowest BCUT2D eigenvalue weighted by Crippen LogP contribution is -2.62. The first-order valence-electron chi connectivity index (χ1n) is 10.7. The van der Waals surface area contributed by atoms with E-state index in [1.54, 1.807) is 19.9 Å². The zero-order chi connectivity index (χ0) is 22.1. The summed E-state index contributed by atoms with van der Waals surface area (Å²) in [6, 6.07) is 0. The number of aliphatic hydroxyl groups excluding tert-OH is 1. The molecule has 0 aromatic rings. The van der Waals surface area contributed by atoms with Crippen molar-refractivity contribution in [1.82, 2.24) is 0 Å². The Labute approximate surface area is 175 Å². The standard InChI is InChI=1S/C23H29FO6/c1-4-18(27)30-20(28)23(29)8-6-14-13-10-16(24)15-9-12(25)5-7-21(15,2)19(13)17(26)11-22(14,23)3/h5,7,9,13-14,16-17,19,26,29H,4,6,8,10-11H2,1-3H3/t13-,14-,16-,17-,19+,21-,22-,23-/m0/s1. The van der Waals surface area contributed by atoms with Crippen LogP contribution in [0.15, 0.2) is 23.8 Å². The second-order valence-corrected chi connectivity index (χ2v) is 9.82. The average molecular weight is 420 g/mol. The molecular formula is C23H29FO6. The fourth-order valence-corrected chi connectivity index (χ4v) is 6.94. The zero-order valence-corrected chi connectivity index (χ0v) is 17.6. The number of fused-ring (bicyclic) bond motifs is 5. The van der Waals surface area contributed by atoms with E-state index < -0.39 is 40.6 Å². The number of esters is 2. The number of allylic oxidation sites excluding steroid dienone is 4. The largest absolute Gasteiger partial charge is 0.393 e. The van der Waals surface area contributed by atoms with Crippen LogP contribution in [0, 0.1) is 28.6 Å². The highest BCUT2D eigenvalue weighted by molar-refractivity contribution is 6.01. The number of ether oxygens (including phenoxy) is 1. The van der Waals surface area contributed by atoms with Crippen LogP contribution in [-0.2, 0) is 19.1 Å². The van der Waals surface area contributed by atoms with Crippen LogP contribution in [-0.4, -0.2) is 45.8 Å². The van der Waals surface area contributed by atoms with Crippen LogP contribution in [0.2, 0.25) is 0 Å². The summed E-state index contributed by atoms with van der Waals surface area (Å²) in [4.78, 5) is 36.3. The van der Waals surface area contributed by atoms with E-state index >= 15 is 4.39 Å². The molecule has 0 unspecified atom stereocenters. The van der Waals surface area contributed by atoms with Gasteiger partial charge in [0, 0.05) is 23.2 Å². The third-order valence-corrected chi connectivity index (χ3v) is 8.46. The summed E-state index contributed by atoms with van der Waals surface area (Å²) < 4.78 is 20.1. The van der Waals surface area contributed by atoms with Gasteiger partial charge in [-0.1, -0.05) is 26.8 Å². The first-order valence-corrected chi connectivity index (χ1v) is 10.7. The quantitative estimate of drug-likeness (QED) is 0.526. The van der Waals surface area contributed by atoms with Crippen molar-refractivity contribution >= 4 is 17.7 Å². The lowest BCUT2D eigenvalue weighted by atomic mass is 9.46. The van der Waals surface area contributed by atoms with Gasteiger partial charge < -0.3 is 14.9 Å². The Morgan fingerprint density at radius 1 is 1.33 bits per heavy atom. The van der Waals surface area contributed by atoms with Crippen molar-refractivity contribution in [3.8, 4) is 0 Å². The molecule has 4 aliphatic rings. The summed E-state index contributed by atoms with van der Waals surface area (Å²) in [5, 5.41) is 22.6. The van der Waals surface area contributed by atoms with Crippen molar-refractivity contribution in [2.24, 2.45) is 28.6 Å². The second-order valence-electron chi connectivity index (χ2n) is 9.82. The number of halogens is 1. The average Bonchev–Trinajstić information content (AvgIpc) is 2.94. The fraction of sp³-hybridized carbons (Fsp3) is 0.696. The van der Waals surface area contributed by atoms with Crippen LogP contribution in [0.4, 0.5) is 4.39 Å². The molecule has 3 fully saturated rings. The minimum absolute atomic E-state index is 0.0112. The summed E-state index contributed by atoms with van der Waals surface area (Å²) in [5.41, 5.74) is -3.34. The molecule has 0 amide bonds. The molecule has 30 heavy (non-hydrogen) atoms. The van der Waals surface area contributed by atoms with Gasteiger partial charge in [0.05, 0.1) is 6.10 Å². The summed E-state index contributed by atoms with van der Waals surface area (Å²) in [7, 11) is 0. The molecule has 0 saturated heterocycles. The Kier molecular flexibility index (Phi) is 4.86. The smallest absolute Gasteiger partial charge is 0.346 e. The Bertz CT molecular complexity index is 864. The molecule has 0 aromatic carbocycles. The SMILES string of the molecule is CCC(=O)OC(=O)[C@@]1(O)CC[C@H]2[C@@H]3C[C@H](F)C4=CC(=O)C=C[C@]4(C)[C@H]3[C@@H](O)C[C@@]21C. The Morgan fingerprint density at radius 2 is 2.03 bits per heavy atom. The molecule has 6 nitrogen and oxygen atoms in total. The molecule has 0 aliphatic heterocycles. The highest BCUT2D eigenvalue weighted by Gasteiger charge is 2.70. The summed E-state index contributed by atoms with van der Waals surface area (Å²) in [6.07, 6.45) is 3.09. The molecule has 8 atom stereocenters. The number of rotatable bonds is 2. The predicted octanol–water partition coefficient (Wildman–Crippen LogP) is 2.42. The maximum atomic E-state index is 15.3. The molecule has 0 aromatic heterocycles. The monoisotopic (exact) mass is 420 g/mol. The third-order valence-electron chi connectivity index (χ3n) is 8.46. The number of aliphatic hydroxyl groups is 2. The Morgan fingerprint density at radius 3 is 2.70 bits per heavy atom. The Hall–Kier alpha value is -1.86. The summed E-state index contributed by atoms with van der Waals surface area (Å²) >= 11 is 0. The molecule has 0 bridgehead atoms. The van der Waals surface area contributed by atoms with Gasteiger partial charge in [0.15, 0.2) is 11.4 Å². The number of hydrogen-bond donors (Lipinski definition) is 2. The van der Waals surface area contributed by atoms with Gasteiger partial charge in [-0.25, -0.2) is 9.18 Å². The van der Waals surface area contributed by atoms with Crippen LogP contribution >= 0.6 is 0 Å². The number of hydrogen-bond acceptors (Lipinski definition) is 6. The molecular weight excluding hydrogens is 391 g/mol.